The van der Waals surface area contributed by atoms with E-state index < -0.39 is 10.0 Å². The van der Waals surface area contributed by atoms with E-state index in [0.717, 1.165) is 49.2 Å². The standard InChI is InChI=1S/C16H18N6O2S2/c1-11-9-15(22-7-2-3-8-22)19-14(18-11)10-17-26(23,24)13-6-4-5-12-16(13)21-25-20-12/h4-6,9,17H,2-3,7-8,10H2,1H3. The number of hydrogen-bond acceptors (Lipinski definition) is 8. The number of sulfonamides is 1. The zero-order valence-electron chi connectivity index (χ0n) is 14.2. The molecule has 2 aromatic heterocycles. The molecule has 1 aliphatic rings. The van der Waals surface area contributed by atoms with E-state index in [-0.39, 0.29) is 11.4 Å². The van der Waals surface area contributed by atoms with Gasteiger partial charge in [-0.15, -0.1) is 0 Å². The van der Waals surface area contributed by atoms with Crippen LogP contribution in [0, 0.1) is 6.92 Å². The second-order valence-electron chi connectivity index (χ2n) is 6.19. The highest BCUT2D eigenvalue weighted by molar-refractivity contribution is 7.89. The van der Waals surface area contributed by atoms with E-state index in [1.807, 2.05) is 13.0 Å². The summed E-state index contributed by atoms with van der Waals surface area (Å²) in [6, 6.07) is 6.86. The maximum absolute atomic E-state index is 12.7. The number of nitrogens with one attached hydrogen (secondary N) is 1. The summed E-state index contributed by atoms with van der Waals surface area (Å²) in [5.41, 5.74) is 1.77. The predicted molar refractivity (Wildman–Crippen MR) is 99.7 cm³/mol. The lowest BCUT2D eigenvalue weighted by Crippen LogP contribution is -2.26. The second kappa shape index (κ2) is 6.86. The Labute approximate surface area is 155 Å². The van der Waals surface area contributed by atoms with Crippen LogP contribution in [0.3, 0.4) is 0 Å². The molecule has 0 atom stereocenters. The van der Waals surface area contributed by atoms with Crippen LogP contribution in [0.4, 0.5) is 5.82 Å². The highest BCUT2D eigenvalue weighted by atomic mass is 32.2. The van der Waals surface area contributed by atoms with Gasteiger partial charge in [0.2, 0.25) is 10.0 Å². The largest absolute Gasteiger partial charge is 0.357 e. The Balaban J connectivity index is 1.57. The Morgan fingerprint density at radius 1 is 1.19 bits per heavy atom. The Morgan fingerprint density at radius 2 is 2.00 bits per heavy atom. The van der Waals surface area contributed by atoms with Crippen LogP contribution in [0.1, 0.15) is 24.4 Å². The van der Waals surface area contributed by atoms with Crippen LogP contribution >= 0.6 is 11.7 Å². The van der Waals surface area contributed by atoms with Crippen LogP contribution in [0.25, 0.3) is 11.0 Å². The first kappa shape index (κ1) is 17.3. The molecular weight excluding hydrogens is 372 g/mol. The van der Waals surface area contributed by atoms with Crippen molar-refractivity contribution >= 4 is 38.6 Å². The molecule has 0 amide bonds. The van der Waals surface area contributed by atoms with Crippen molar-refractivity contribution in [1.82, 2.24) is 23.4 Å². The molecule has 26 heavy (non-hydrogen) atoms. The van der Waals surface area contributed by atoms with Gasteiger partial charge in [-0.05, 0) is 31.9 Å². The monoisotopic (exact) mass is 390 g/mol. The molecule has 1 fully saturated rings. The maximum Gasteiger partial charge on any atom is 0.243 e. The smallest absolute Gasteiger partial charge is 0.243 e. The van der Waals surface area contributed by atoms with Crippen LogP contribution in [0.5, 0.6) is 0 Å². The van der Waals surface area contributed by atoms with Gasteiger partial charge < -0.3 is 4.90 Å². The molecule has 136 valence electrons. The Hall–Kier alpha value is -2.17. The minimum Gasteiger partial charge on any atom is -0.357 e. The average Bonchev–Trinajstić information content (AvgIpc) is 3.30. The summed E-state index contributed by atoms with van der Waals surface area (Å²) in [5.74, 6) is 1.31. The molecule has 1 saturated heterocycles. The molecule has 1 aromatic carbocycles. The van der Waals surface area contributed by atoms with Gasteiger partial charge in [0.1, 0.15) is 27.6 Å². The van der Waals surface area contributed by atoms with E-state index in [1.165, 1.54) is 6.07 Å². The second-order valence-corrected chi connectivity index (χ2v) is 8.45. The summed E-state index contributed by atoms with van der Waals surface area (Å²) in [6.07, 6.45) is 2.30. The number of rotatable bonds is 5. The molecule has 10 heteroatoms. The Bertz CT molecular complexity index is 1040. The fraction of sp³-hybridized carbons (Fsp3) is 0.375. The van der Waals surface area contributed by atoms with Crippen molar-refractivity contribution in [3.8, 4) is 0 Å². The van der Waals surface area contributed by atoms with Gasteiger partial charge in [0.15, 0.2) is 0 Å². The number of nitrogens with zero attached hydrogens (tertiary/aromatic N) is 5. The lowest BCUT2D eigenvalue weighted by molar-refractivity contribution is 0.579. The van der Waals surface area contributed by atoms with Gasteiger partial charge in [0, 0.05) is 24.8 Å². The first-order valence-electron chi connectivity index (χ1n) is 8.33. The lowest BCUT2D eigenvalue weighted by atomic mass is 10.3. The van der Waals surface area contributed by atoms with Crippen LogP contribution in [-0.4, -0.2) is 40.2 Å². The van der Waals surface area contributed by atoms with Crippen molar-refractivity contribution in [2.24, 2.45) is 0 Å². The summed E-state index contributed by atoms with van der Waals surface area (Å²) < 4.78 is 36.2. The molecule has 0 spiro atoms. The molecule has 0 saturated carbocycles. The molecule has 3 aromatic rings. The first-order valence-corrected chi connectivity index (χ1v) is 10.5. The molecule has 0 unspecified atom stereocenters. The van der Waals surface area contributed by atoms with E-state index in [1.54, 1.807) is 12.1 Å². The predicted octanol–water partition coefficient (Wildman–Crippen LogP) is 1.87. The minimum atomic E-state index is -3.74. The third kappa shape index (κ3) is 3.39. The van der Waals surface area contributed by atoms with E-state index >= 15 is 0 Å². The van der Waals surface area contributed by atoms with E-state index in [9.17, 15) is 8.42 Å². The van der Waals surface area contributed by atoms with Crippen LogP contribution in [-0.2, 0) is 16.6 Å². The number of anilines is 1. The molecule has 0 radical (unpaired) electrons. The lowest BCUT2D eigenvalue weighted by Gasteiger charge is -2.17. The molecule has 1 N–H and O–H groups in total. The minimum absolute atomic E-state index is 0.0266. The third-order valence-electron chi connectivity index (χ3n) is 4.28. The highest BCUT2D eigenvalue weighted by Gasteiger charge is 2.20. The van der Waals surface area contributed by atoms with Gasteiger partial charge in [-0.2, -0.15) is 8.75 Å². The fourth-order valence-corrected chi connectivity index (χ4v) is 4.78. The van der Waals surface area contributed by atoms with Crippen molar-refractivity contribution in [2.75, 3.05) is 18.0 Å². The maximum atomic E-state index is 12.7. The van der Waals surface area contributed by atoms with Crippen LogP contribution < -0.4 is 9.62 Å². The van der Waals surface area contributed by atoms with Gasteiger partial charge in [-0.25, -0.2) is 23.1 Å². The molecule has 0 aliphatic carbocycles. The average molecular weight is 390 g/mol. The Kier molecular flexibility index (Phi) is 4.55. The summed E-state index contributed by atoms with van der Waals surface area (Å²) in [5, 5.41) is 0. The van der Waals surface area contributed by atoms with Gasteiger partial charge in [0.25, 0.3) is 0 Å². The van der Waals surface area contributed by atoms with Crippen LogP contribution in [0.2, 0.25) is 0 Å². The summed E-state index contributed by atoms with van der Waals surface area (Å²) in [7, 11) is -3.74. The number of hydrogen-bond donors (Lipinski definition) is 1. The number of benzene rings is 1. The van der Waals surface area contributed by atoms with Gasteiger partial charge in [-0.1, -0.05) is 6.07 Å². The fourth-order valence-electron chi connectivity index (χ4n) is 3.04. The Morgan fingerprint density at radius 3 is 2.81 bits per heavy atom. The van der Waals surface area contributed by atoms with E-state index in [0.29, 0.717) is 16.9 Å². The molecular formula is C16H18N6O2S2. The van der Waals surface area contributed by atoms with Crippen molar-refractivity contribution in [3.63, 3.8) is 0 Å². The van der Waals surface area contributed by atoms with Crippen molar-refractivity contribution in [3.05, 3.63) is 35.8 Å². The topological polar surface area (TPSA) is 101 Å². The number of aromatic nitrogens is 4. The normalized spacial score (nSPS) is 15.0. The molecule has 3 heterocycles. The van der Waals surface area contributed by atoms with Gasteiger partial charge >= 0.3 is 0 Å². The summed E-state index contributed by atoms with van der Waals surface area (Å²) in [6.45, 7) is 3.86. The molecule has 1 aliphatic heterocycles. The third-order valence-corrected chi connectivity index (χ3v) is 6.25. The zero-order chi connectivity index (χ0) is 18.1. The summed E-state index contributed by atoms with van der Waals surface area (Å²) >= 11 is 0.993. The number of fused-ring (bicyclic) bond motifs is 1. The van der Waals surface area contributed by atoms with Crippen molar-refractivity contribution in [1.29, 1.82) is 0 Å². The summed E-state index contributed by atoms with van der Waals surface area (Å²) in [4.78, 5) is 11.2. The van der Waals surface area contributed by atoms with Gasteiger partial charge in [-0.3, -0.25) is 0 Å². The highest BCUT2D eigenvalue weighted by Crippen LogP contribution is 2.22. The zero-order valence-corrected chi connectivity index (χ0v) is 15.8. The van der Waals surface area contributed by atoms with Gasteiger partial charge in [0.05, 0.1) is 18.3 Å². The quantitative estimate of drug-likeness (QED) is 0.709. The molecule has 4 rings (SSSR count). The number of aryl methyl sites for hydroxylation is 1. The van der Waals surface area contributed by atoms with Crippen LogP contribution in [0.15, 0.2) is 29.2 Å². The molecule has 8 nitrogen and oxygen atoms in total. The first-order chi connectivity index (χ1) is 12.5. The van der Waals surface area contributed by atoms with E-state index in [4.69, 9.17) is 0 Å². The molecule has 0 bridgehead atoms. The van der Waals surface area contributed by atoms with Crippen molar-refractivity contribution < 1.29 is 8.42 Å². The SMILES string of the molecule is Cc1cc(N2CCCC2)nc(CNS(=O)(=O)c2cccc3nsnc23)n1. The van der Waals surface area contributed by atoms with E-state index in [2.05, 4.69) is 28.3 Å². The van der Waals surface area contributed by atoms with Crippen molar-refractivity contribution in [2.45, 2.75) is 31.2 Å².